The number of hydrogen-bond acceptors (Lipinski definition) is 2. The first kappa shape index (κ1) is 8.01. The van der Waals surface area contributed by atoms with E-state index < -0.39 is 0 Å². The third kappa shape index (κ3) is 1.68. The molecule has 0 amide bonds. The van der Waals surface area contributed by atoms with Crippen molar-refractivity contribution in [1.82, 2.24) is 15.5 Å². The summed E-state index contributed by atoms with van der Waals surface area (Å²) in [6.45, 7) is 5.87. The van der Waals surface area contributed by atoms with Gasteiger partial charge in [-0.1, -0.05) is 12.2 Å². The van der Waals surface area contributed by atoms with E-state index in [0.29, 0.717) is 0 Å². The summed E-state index contributed by atoms with van der Waals surface area (Å²) >= 11 is 0. The van der Waals surface area contributed by atoms with Gasteiger partial charge in [0.1, 0.15) is 0 Å². The lowest BCUT2D eigenvalue weighted by Gasteiger charge is -2.13. The summed E-state index contributed by atoms with van der Waals surface area (Å²) in [4.78, 5) is 0. The van der Waals surface area contributed by atoms with Crippen LogP contribution in [0.15, 0.2) is 24.5 Å². The number of aromatic amines is 1. The van der Waals surface area contributed by atoms with Crippen LogP contribution in [0.25, 0.3) is 0 Å². The normalized spacial score (nSPS) is 12.9. The van der Waals surface area contributed by atoms with E-state index in [-0.39, 0.29) is 6.04 Å². The Morgan fingerprint density at radius 2 is 2.55 bits per heavy atom. The Hall–Kier alpha value is -1.09. The summed E-state index contributed by atoms with van der Waals surface area (Å²) in [5.74, 6) is 0. The second kappa shape index (κ2) is 3.34. The maximum absolute atomic E-state index is 3.88. The molecule has 0 aromatic carbocycles. The number of aromatic nitrogens is 2. The molecule has 60 valence electrons. The van der Waals surface area contributed by atoms with Gasteiger partial charge in [-0.05, 0) is 14.0 Å². The zero-order valence-electron chi connectivity index (χ0n) is 6.89. The third-order valence-corrected chi connectivity index (χ3v) is 1.63. The average Bonchev–Trinajstić information content (AvgIpc) is 2.40. The van der Waals surface area contributed by atoms with Gasteiger partial charge in [-0.15, -0.1) is 0 Å². The molecule has 3 nitrogen and oxygen atoms in total. The standard InChI is InChI=1S/C8H13N3/c1-6(2)8(9-3)7-4-10-11-5-7/h4-5,8-9H,1H2,2-3H3,(H,10,11). The van der Waals surface area contributed by atoms with Gasteiger partial charge in [-0.2, -0.15) is 5.10 Å². The summed E-state index contributed by atoms with van der Waals surface area (Å²) < 4.78 is 0. The lowest BCUT2D eigenvalue weighted by molar-refractivity contribution is 0.680. The first-order valence-corrected chi connectivity index (χ1v) is 3.57. The highest BCUT2D eigenvalue weighted by atomic mass is 15.1. The largest absolute Gasteiger partial charge is 0.310 e. The predicted molar refractivity (Wildman–Crippen MR) is 45.2 cm³/mol. The first-order valence-electron chi connectivity index (χ1n) is 3.57. The van der Waals surface area contributed by atoms with Gasteiger partial charge in [-0.3, -0.25) is 5.10 Å². The van der Waals surface area contributed by atoms with E-state index in [9.17, 15) is 0 Å². The van der Waals surface area contributed by atoms with Crippen molar-refractivity contribution < 1.29 is 0 Å². The topological polar surface area (TPSA) is 40.7 Å². The predicted octanol–water partition coefficient (Wildman–Crippen LogP) is 1.25. The summed E-state index contributed by atoms with van der Waals surface area (Å²) in [6.07, 6.45) is 3.67. The molecule has 0 radical (unpaired) electrons. The van der Waals surface area contributed by atoms with Crippen LogP contribution in [0.3, 0.4) is 0 Å². The fraction of sp³-hybridized carbons (Fsp3) is 0.375. The lowest BCUT2D eigenvalue weighted by atomic mass is 10.1. The van der Waals surface area contributed by atoms with Gasteiger partial charge in [0, 0.05) is 11.8 Å². The maximum Gasteiger partial charge on any atom is 0.0559 e. The molecule has 0 aliphatic heterocycles. The summed E-state index contributed by atoms with van der Waals surface area (Å²) in [5.41, 5.74) is 2.22. The van der Waals surface area contributed by atoms with Crippen molar-refractivity contribution in [1.29, 1.82) is 0 Å². The van der Waals surface area contributed by atoms with Crippen molar-refractivity contribution in [3.05, 3.63) is 30.1 Å². The molecule has 1 aromatic heterocycles. The molecule has 0 aliphatic carbocycles. The number of rotatable bonds is 3. The van der Waals surface area contributed by atoms with Crippen molar-refractivity contribution in [3.63, 3.8) is 0 Å². The smallest absolute Gasteiger partial charge is 0.0559 e. The minimum absolute atomic E-state index is 0.216. The van der Waals surface area contributed by atoms with E-state index in [1.165, 1.54) is 0 Å². The number of H-pyrrole nitrogens is 1. The highest BCUT2D eigenvalue weighted by Crippen LogP contribution is 2.17. The van der Waals surface area contributed by atoms with Crippen LogP contribution in [-0.4, -0.2) is 17.2 Å². The molecule has 1 atom stereocenters. The van der Waals surface area contributed by atoms with Crippen LogP contribution in [0, 0.1) is 0 Å². The van der Waals surface area contributed by atoms with Crippen LogP contribution >= 0.6 is 0 Å². The highest BCUT2D eigenvalue weighted by molar-refractivity contribution is 5.20. The van der Waals surface area contributed by atoms with E-state index >= 15 is 0 Å². The van der Waals surface area contributed by atoms with Crippen molar-refractivity contribution in [3.8, 4) is 0 Å². The molecule has 0 aliphatic rings. The van der Waals surface area contributed by atoms with Crippen molar-refractivity contribution in [2.75, 3.05) is 7.05 Å². The van der Waals surface area contributed by atoms with Gasteiger partial charge in [0.2, 0.25) is 0 Å². The SMILES string of the molecule is C=C(C)C(NC)c1cn[nH]c1. The van der Waals surface area contributed by atoms with Crippen LogP contribution in [0.2, 0.25) is 0 Å². The fourth-order valence-corrected chi connectivity index (χ4v) is 1.12. The molecule has 0 bridgehead atoms. The summed E-state index contributed by atoms with van der Waals surface area (Å²) in [6, 6.07) is 0.216. The van der Waals surface area contributed by atoms with E-state index in [0.717, 1.165) is 11.1 Å². The molecule has 1 heterocycles. The van der Waals surface area contributed by atoms with Gasteiger partial charge in [0.25, 0.3) is 0 Å². The second-order valence-corrected chi connectivity index (χ2v) is 2.60. The molecule has 0 saturated carbocycles. The molecule has 0 spiro atoms. The van der Waals surface area contributed by atoms with Gasteiger partial charge in [0.05, 0.1) is 12.2 Å². The van der Waals surface area contributed by atoms with Crippen molar-refractivity contribution in [2.45, 2.75) is 13.0 Å². The van der Waals surface area contributed by atoms with Gasteiger partial charge >= 0.3 is 0 Å². The van der Waals surface area contributed by atoms with Crippen LogP contribution < -0.4 is 5.32 Å². The van der Waals surface area contributed by atoms with E-state index in [2.05, 4.69) is 22.1 Å². The number of nitrogens with zero attached hydrogens (tertiary/aromatic N) is 1. The third-order valence-electron chi connectivity index (χ3n) is 1.63. The zero-order chi connectivity index (χ0) is 8.27. The molecule has 1 aromatic rings. The lowest BCUT2D eigenvalue weighted by Crippen LogP contribution is -2.16. The Morgan fingerprint density at radius 1 is 1.82 bits per heavy atom. The second-order valence-electron chi connectivity index (χ2n) is 2.60. The van der Waals surface area contributed by atoms with Gasteiger partial charge < -0.3 is 5.32 Å². The Labute approximate surface area is 66.5 Å². The quantitative estimate of drug-likeness (QED) is 0.638. The van der Waals surface area contributed by atoms with Crippen molar-refractivity contribution >= 4 is 0 Å². The molecular weight excluding hydrogens is 138 g/mol. The molecule has 11 heavy (non-hydrogen) atoms. The number of nitrogens with one attached hydrogen (secondary N) is 2. The summed E-state index contributed by atoms with van der Waals surface area (Å²) in [5, 5.41) is 9.78. The minimum Gasteiger partial charge on any atom is -0.310 e. The Kier molecular flexibility index (Phi) is 2.44. The van der Waals surface area contributed by atoms with Gasteiger partial charge in [-0.25, -0.2) is 0 Å². The van der Waals surface area contributed by atoms with Crippen LogP contribution in [0.5, 0.6) is 0 Å². The van der Waals surface area contributed by atoms with E-state index in [1.54, 1.807) is 6.20 Å². The molecule has 3 heteroatoms. The molecule has 1 unspecified atom stereocenters. The fourth-order valence-electron chi connectivity index (χ4n) is 1.12. The average molecular weight is 151 g/mol. The van der Waals surface area contributed by atoms with Gasteiger partial charge in [0.15, 0.2) is 0 Å². The maximum atomic E-state index is 3.88. The van der Waals surface area contributed by atoms with Crippen LogP contribution in [0.4, 0.5) is 0 Å². The first-order chi connectivity index (χ1) is 5.25. The number of likely N-dealkylation sites (N-methyl/N-ethyl adjacent to an activating group) is 1. The van der Waals surface area contributed by atoms with Crippen LogP contribution in [0.1, 0.15) is 18.5 Å². The molecule has 1 rings (SSSR count). The summed E-state index contributed by atoms with van der Waals surface area (Å²) in [7, 11) is 1.91. The molecule has 0 fully saturated rings. The Bertz CT molecular complexity index is 225. The minimum atomic E-state index is 0.216. The monoisotopic (exact) mass is 151 g/mol. The number of hydrogen-bond donors (Lipinski definition) is 2. The van der Waals surface area contributed by atoms with E-state index in [1.807, 2.05) is 20.2 Å². The molecule has 0 saturated heterocycles. The van der Waals surface area contributed by atoms with E-state index in [4.69, 9.17) is 0 Å². The highest BCUT2D eigenvalue weighted by Gasteiger charge is 2.09. The Balaban J connectivity index is 2.79. The van der Waals surface area contributed by atoms with Crippen LogP contribution in [-0.2, 0) is 0 Å². The molecule has 2 N–H and O–H groups in total. The van der Waals surface area contributed by atoms with Crippen molar-refractivity contribution in [2.24, 2.45) is 0 Å². The Morgan fingerprint density at radius 3 is 2.91 bits per heavy atom. The molecular formula is C8H13N3. The zero-order valence-corrected chi connectivity index (χ0v) is 6.89.